The molecule has 0 saturated carbocycles. The van der Waals surface area contributed by atoms with Crippen molar-refractivity contribution < 1.29 is 9.72 Å². The van der Waals surface area contributed by atoms with Crippen molar-refractivity contribution in [1.29, 1.82) is 0 Å². The van der Waals surface area contributed by atoms with Gasteiger partial charge in [0.2, 0.25) is 5.91 Å². The number of unbranched alkanes of at least 4 members (excludes halogenated alkanes) is 2. The molecular weight excluding hydrogens is 230 g/mol. The molecule has 0 aromatic carbocycles. The van der Waals surface area contributed by atoms with Gasteiger partial charge >= 0.3 is 5.00 Å². The molecule has 88 valence electrons. The number of nitrogens with one attached hydrogen (secondary N) is 1. The van der Waals surface area contributed by atoms with Gasteiger partial charge in [-0.2, -0.15) is 0 Å². The minimum atomic E-state index is -0.523. The van der Waals surface area contributed by atoms with E-state index in [1.165, 1.54) is 0 Å². The molecule has 0 radical (unpaired) electrons. The fourth-order valence-electron chi connectivity index (χ4n) is 1.13. The number of carbonyl (C=O) groups is 1. The first-order valence-corrected chi connectivity index (χ1v) is 5.85. The smallest absolute Gasteiger partial charge is 0.302 e. The van der Waals surface area contributed by atoms with E-state index in [0.717, 1.165) is 36.8 Å². The molecule has 1 aromatic heterocycles. The Kier molecular flexibility index (Phi) is 4.84. The Morgan fingerprint density at radius 1 is 1.62 bits per heavy atom. The third-order valence-corrected chi connectivity index (χ3v) is 2.79. The second kappa shape index (κ2) is 6.16. The number of aromatic nitrogens is 1. The molecule has 0 unspecified atom stereocenters. The zero-order valence-electron chi connectivity index (χ0n) is 8.93. The average Bonchev–Trinajstić information content (AvgIpc) is 2.66. The van der Waals surface area contributed by atoms with Crippen molar-refractivity contribution >= 4 is 27.4 Å². The number of thiazole rings is 1. The molecule has 6 nitrogen and oxygen atoms in total. The van der Waals surface area contributed by atoms with Crippen molar-refractivity contribution in [3.63, 3.8) is 0 Å². The van der Waals surface area contributed by atoms with E-state index in [-0.39, 0.29) is 16.0 Å². The summed E-state index contributed by atoms with van der Waals surface area (Å²) >= 11 is 0.866. The molecule has 1 N–H and O–H groups in total. The van der Waals surface area contributed by atoms with E-state index in [1.807, 2.05) is 0 Å². The summed E-state index contributed by atoms with van der Waals surface area (Å²) in [4.78, 5) is 25.0. The van der Waals surface area contributed by atoms with Gasteiger partial charge in [0.25, 0.3) is 0 Å². The van der Waals surface area contributed by atoms with Crippen LogP contribution in [0.15, 0.2) is 6.20 Å². The van der Waals surface area contributed by atoms with Crippen LogP contribution in [0.2, 0.25) is 0 Å². The van der Waals surface area contributed by atoms with Crippen LogP contribution in [0.4, 0.5) is 10.1 Å². The standard InChI is InChI=1S/C9H13N3O3S/c1-2-3-4-5-7(13)11-9-10-6-8(16-9)12(14)15/h6H,2-5H2,1H3,(H,10,11,13). The Morgan fingerprint density at radius 2 is 2.38 bits per heavy atom. The number of amides is 1. The summed E-state index contributed by atoms with van der Waals surface area (Å²) in [7, 11) is 0. The minimum absolute atomic E-state index is 0.0659. The van der Waals surface area contributed by atoms with Gasteiger partial charge in [0.15, 0.2) is 5.13 Å². The first-order chi connectivity index (χ1) is 7.63. The molecule has 16 heavy (non-hydrogen) atoms. The Balaban J connectivity index is 2.40. The third kappa shape index (κ3) is 3.93. The van der Waals surface area contributed by atoms with Crippen LogP contribution in [0.1, 0.15) is 32.6 Å². The highest BCUT2D eigenvalue weighted by molar-refractivity contribution is 7.18. The molecule has 1 aromatic rings. The summed E-state index contributed by atoms with van der Waals surface area (Å²) in [5, 5.41) is 13.1. The lowest BCUT2D eigenvalue weighted by atomic mass is 10.2. The molecule has 0 atom stereocenters. The van der Waals surface area contributed by atoms with E-state index in [2.05, 4.69) is 17.2 Å². The number of anilines is 1. The normalized spacial score (nSPS) is 10.1. The zero-order chi connectivity index (χ0) is 12.0. The molecule has 0 bridgehead atoms. The highest BCUT2D eigenvalue weighted by Gasteiger charge is 2.12. The molecule has 0 aliphatic rings. The van der Waals surface area contributed by atoms with Crippen LogP contribution in [-0.2, 0) is 4.79 Å². The maximum Gasteiger partial charge on any atom is 0.345 e. The van der Waals surface area contributed by atoms with Crippen molar-refractivity contribution in [2.24, 2.45) is 0 Å². The summed E-state index contributed by atoms with van der Waals surface area (Å²) in [6.07, 6.45) is 4.46. The zero-order valence-corrected chi connectivity index (χ0v) is 9.75. The molecule has 1 rings (SSSR count). The van der Waals surface area contributed by atoms with E-state index >= 15 is 0 Å². The van der Waals surface area contributed by atoms with Gasteiger partial charge in [0.05, 0.1) is 4.92 Å². The van der Waals surface area contributed by atoms with Crippen molar-refractivity contribution in [1.82, 2.24) is 4.98 Å². The highest BCUT2D eigenvalue weighted by Crippen LogP contribution is 2.24. The van der Waals surface area contributed by atoms with Crippen LogP contribution in [0.5, 0.6) is 0 Å². The second-order valence-electron chi connectivity index (χ2n) is 3.27. The Morgan fingerprint density at radius 3 is 2.94 bits per heavy atom. The van der Waals surface area contributed by atoms with Gasteiger partial charge in [-0.1, -0.05) is 19.8 Å². The molecule has 1 amide bonds. The largest absolute Gasteiger partial charge is 0.345 e. The number of hydrogen-bond donors (Lipinski definition) is 1. The van der Waals surface area contributed by atoms with Gasteiger partial charge in [-0.25, -0.2) is 4.98 Å². The second-order valence-corrected chi connectivity index (χ2v) is 4.28. The molecule has 0 aliphatic heterocycles. The molecular formula is C9H13N3O3S. The van der Waals surface area contributed by atoms with Crippen LogP contribution in [0.25, 0.3) is 0 Å². The van der Waals surface area contributed by atoms with Gasteiger partial charge in [-0.3, -0.25) is 14.9 Å². The fraction of sp³-hybridized carbons (Fsp3) is 0.556. The van der Waals surface area contributed by atoms with Crippen molar-refractivity contribution in [2.75, 3.05) is 5.32 Å². The predicted molar refractivity (Wildman–Crippen MR) is 61.5 cm³/mol. The van der Waals surface area contributed by atoms with E-state index in [9.17, 15) is 14.9 Å². The van der Waals surface area contributed by atoms with Gasteiger partial charge < -0.3 is 5.32 Å². The van der Waals surface area contributed by atoms with Crippen LogP contribution < -0.4 is 5.32 Å². The number of rotatable bonds is 6. The van der Waals surface area contributed by atoms with E-state index in [4.69, 9.17) is 0 Å². The van der Waals surface area contributed by atoms with Crippen LogP contribution in [-0.4, -0.2) is 15.8 Å². The number of nitro groups is 1. The SMILES string of the molecule is CCCCCC(=O)Nc1ncc([N+](=O)[O-])s1. The number of hydrogen-bond acceptors (Lipinski definition) is 5. The van der Waals surface area contributed by atoms with Gasteiger partial charge in [0, 0.05) is 6.42 Å². The lowest BCUT2D eigenvalue weighted by Crippen LogP contribution is -2.10. The average molecular weight is 243 g/mol. The summed E-state index contributed by atoms with van der Waals surface area (Å²) in [5.74, 6) is -0.141. The molecule has 0 fully saturated rings. The summed E-state index contributed by atoms with van der Waals surface area (Å²) in [5.41, 5.74) is 0. The highest BCUT2D eigenvalue weighted by atomic mass is 32.1. The molecule has 7 heteroatoms. The van der Waals surface area contributed by atoms with Gasteiger partial charge in [-0.15, -0.1) is 0 Å². The maximum absolute atomic E-state index is 11.4. The summed E-state index contributed by atoms with van der Waals surface area (Å²) in [6, 6.07) is 0. The predicted octanol–water partition coefficient (Wildman–Crippen LogP) is 2.57. The van der Waals surface area contributed by atoms with Gasteiger partial charge in [0.1, 0.15) is 6.20 Å². The van der Waals surface area contributed by atoms with Crippen molar-refractivity contribution in [2.45, 2.75) is 32.6 Å². The van der Waals surface area contributed by atoms with Crippen LogP contribution in [0, 0.1) is 10.1 Å². The summed E-state index contributed by atoms with van der Waals surface area (Å²) in [6.45, 7) is 2.06. The fourth-order valence-corrected chi connectivity index (χ4v) is 1.77. The van der Waals surface area contributed by atoms with Crippen molar-refractivity contribution in [3.8, 4) is 0 Å². The number of carbonyl (C=O) groups excluding carboxylic acids is 1. The number of nitrogens with zero attached hydrogens (tertiary/aromatic N) is 2. The maximum atomic E-state index is 11.4. The van der Waals surface area contributed by atoms with E-state index in [1.54, 1.807) is 0 Å². The van der Waals surface area contributed by atoms with E-state index in [0.29, 0.717) is 6.42 Å². The Hall–Kier alpha value is -1.50. The van der Waals surface area contributed by atoms with E-state index < -0.39 is 4.92 Å². The topological polar surface area (TPSA) is 85.1 Å². The summed E-state index contributed by atoms with van der Waals surface area (Å²) < 4.78 is 0. The van der Waals surface area contributed by atoms with Gasteiger partial charge in [-0.05, 0) is 17.8 Å². The Bertz CT molecular complexity index is 378. The monoisotopic (exact) mass is 243 g/mol. The molecule has 0 spiro atoms. The minimum Gasteiger partial charge on any atom is -0.302 e. The first-order valence-electron chi connectivity index (χ1n) is 5.03. The molecule has 0 aliphatic carbocycles. The molecule has 1 heterocycles. The third-order valence-electron chi connectivity index (χ3n) is 1.93. The Labute approximate surface area is 96.8 Å². The quantitative estimate of drug-likeness (QED) is 0.472. The molecule has 0 saturated heterocycles. The van der Waals surface area contributed by atoms with Crippen LogP contribution in [0.3, 0.4) is 0 Å². The lowest BCUT2D eigenvalue weighted by Gasteiger charge is -1.99. The first kappa shape index (κ1) is 12.6. The lowest BCUT2D eigenvalue weighted by molar-refractivity contribution is -0.380. The van der Waals surface area contributed by atoms with Crippen LogP contribution >= 0.6 is 11.3 Å². The van der Waals surface area contributed by atoms with Crippen molar-refractivity contribution in [3.05, 3.63) is 16.3 Å².